The van der Waals surface area contributed by atoms with Crippen molar-refractivity contribution in [3.05, 3.63) is 30.2 Å². The topological polar surface area (TPSA) is 99.0 Å². The van der Waals surface area contributed by atoms with Crippen LogP contribution in [0.3, 0.4) is 0 Å². The molecule has 1 aliphatic heterocycles. The quantitative estimate of drug-likeness (QED) is 0.192. The highest BCUT2D eigenvalue weighted by molar-refractivity contribution is 14.0. The summed E-state index contributed by atoms with van der Waals surface area (Å²) < 4.78 is 2.03. The number of likely N-dealkylation sites (tertiary alicyclic amines) is 1. The van der Waals surface area contributed by atoms with Crippen molar-refractivity contribution in [2.45, 2.75) is 45.1 Å². The van der Waals surface area contributed by atoms with Gasteiger partial charge in [0, 0.05) is 51.9 Å². The van der Waals surface area contributed by atoms with Gasteiger partial charge in [0.2, 0.25) is 5.91 Å². The molecular formula is C21H35IN8O. The van der Waals surface area contributed by atoms with Crippen LogP contribution in [0.5, 0.6) is 0 Å². The Kier molecular flexibility index (Phi) is 11.0. The van der Waals surface area contributed by atoms with Crippen LogP contribution in [-0.4, -0.2) is 77.2 Å². The average molecular weight is 542 g/mol. The maximum Gasteiger partial charge on any atom is 0.234 e. The normalized spacial score (nSPS) is 15.5. The van der Waals surface area contributed by atoms with E-state index in [4.69, 9.17) is 0 Å². The van der Waals surface area contributed by atoms with Crippen LogP contribution >= 0.6 is 24.0 Å². The molecule has 3 N–H and O–H groups in total. The molecule has 0 atom stereocenters. The lowest BCUT2D eigenvalue weighted by molar-refractivity contribution is -0.122. The molecule has 0 spiro atoms. The molecule has 0 aromatic carbocycles. The van der Waals surface area contributed by atoms with Crippen molar-refractivity contribution < 1.29 is 4.79 Å². The summed E-state index contributed by atoms with van der Waals surface area (Å²) in [5.41, 5.74) is 0.882. The molecule has 2 aromatic rings. The van der Waals surface area contributed by atoms with Gasteiger partial charge in [-0.3, -0.25) is 19.1 Å². The van der Waals surface area contributed by atoms with Gasteiger partial charge < -0.3 is 16.0 Å². The standard InChI is InChI=1S/C21H34N8O.HI/c1-3-11-23-20(30)16-28-14-9-17(10-15-28)25-21(22-2)24-12-6-8-19-27-26-18-7-4-5-13-29(18)19;/h4-5,7,13,17H,3,6,8-12,14-16H2,1-2H3,(H,23,30)(H2,22,24,25);1H. The van der Waals surface area contributed by atoms with Crippen LogP contribution in [0, 0.1) is 0 Å². The van der Waals surface area contributed by atoms with Crippen molar-refractivity contribution in [3.8, 4) is 0 Å². The number of amides is 1. The molecule has 0 bridgehead atoms. The van der Waals surface area contributed by atoms with Crippen molar-refractivity contribution in [1.82, 2.24) is 35.4 Å². The highest BCUT2D eigenvalue weighted by atomic mass is 127. The second kappa shape index (κ2) is 13.5. The SMILES string of the molecule is CCCNC(=O)CN1CCC(NC(=NC)NCCCc2nnc3ccccn23)CC1.I. The third-order valence-electron chi connectivity index (χ3n) is 5.35. The van der Waals surface area contributed by atoms with Crippen LogP contribution in [0.2, 0.25) is 0 Å². The van der Waals surface area contributed by atoms with E-state index >= 15 is 0 Å². The smallest absolute Gasteiger partial charge is 0.234 e. The number of rotatable bonds is 9. The zero-order chi connectivity index (χ0) is 21.2. The molecule has 0 aliphatic carbocycles. The van der Waals surface area contributed by atoms with Gasteiger partial charge in [-0.25, -0.2) is 0 Å². The highest BCUT2D eigenvalue weighted by Crippen LogP contribution is 2.10. The fourth-order valence-corrected chi connectivity index (χ4v) is 3.66. The monoisotopic (exact) mass is 542 g/mol. The van der Waals surface area contributed by atoms with E-state index in [1.54, 1.807) is 7.05 Å². The van der Waals surface area contributed by atoms with E-state index in [9.17, 15) is 4.79 Å². The summed E-state index contributed by atoms with van der Waals surface area (Å²) in [6, 6.07) is 6.30. The van der Waals surface area contributed by atoms with E-state index < -0.39 is 0 Å². The van der Waals surface area contributed by atoms with Gasteiger partial charge in [0.1, 0.15) is 5.82 Å². The number of aliphatic imine (C=N–C) groups is 1. The predicted molar refractivity (Wildman–Crippen MR) is 134 cm³/mol. The summed E-state index contributed by atoms with van der Waals surface area (Å²) in [5.74, 6) is 1.94. The molecule has 0 unspecified atom stereocenters. The van der Waals surface area contributed by atoms with Gasteiger partial charge >= 0.3 is 0 Å². The second-order valence-corrected chi connectivity index (χ2v) is 7.69. The Hall–Kier alpha value is -1.95. The van der Waals surface area contributed by atoms with Crippen LogP contribution in [-0.2, 0) is 11.2 Å². The molecule has 31 heavy (non-hydrogen) atoms. The van der Waals surface area contributed by atoms with Gasteiger partial charge in [-0.1, -0.05) is 13.0 Å². The number of hydrogen-bond donors (Lipinski definition) is 3. The first-order valence-electron chi connectivity index (χ1n) is 10.9. The van der Waals surface area contributed by atoms with E-state index in [2.05, 4.69) is 43.0 Å². The number of carbonyl (C=O) groups is 1. The minimum Gasteiger partial charge on any atom is -0.356 e. The Labute approximate surface area is 201 Å². The molecule has 0 radical (unpaired) electrons. The number of nitrogens with zero attached hydrogens (tertiary/aromatic N) is 5. The van der Waals surface area contributed by atoms with Crippen LogP contribution in [0.1, 0.15) is 38.4 Å². The largest absolute Gasteiger partial charge is 0.356 e. The number of carbonyl (C=O) groups excluding carboxylic acids is 1. The Morgan fingerprint density at radius 3 is 2.74 bits per heavy atom. The Bertz CT molecular complexity index is 832. The fraction of sp³-hybridized carbons (Fsp3) is 0.619. The summed E-state index contributed by atoms with van der Waals surface area (Å²) in [6.07, 6.45) is 6.79. The number of piperidine rings is 1. The molecule has 1 aliphatic rings. The Morgan fingerprint density at radius 2 is 2.00 bits per heavy atom. The van der Waals surface area contributed by atoms with E-state index in [0.29, 0.717) is 12.6 Å². The van der Waals surface area contributed by atoms with Crippen molar-refractivity contribution in [2.24, 2.45) is 4.99 Å². The zero-order valence-corrected chi connectivity index (χ0v) is 20.8. The van der Waals surface area contributed by atoms with Gasteiger partial charge in [-0.2, -0.15) is 0 Å². The summed E-state index contributed by atoms with van der Waals surface area (Å²) in [6.45, 7) is 5.98. The summed E-state index contributed by atoms with van der Waals surface area (Å²) in [4.78, 5) is 18.4. The van der Waals surface area contributed by atoms with E-state index in [0.717, 1.165) is 75.7 Å². The molecule has 1 fully saturated rings. The third kappa shape index (κ3) is 7.91. The van der Waals surface area contributed by atoms with Gasteiger partial charge in [0.15, 0.2) is 11.6 Å². The Balaban J connectivity index is 0.00000341. The summed E-state index contributed by atoms with van der Waals surface area (Å²) in [5, 5.41) is 18.3. The molecule has 1 amide bonds. The second-order valence-electron chi connectivity index (χ2n) is 7.69. The van der Waals surface area contributed by atoms with Gasteiger partial charge in [0.25, 0.3) is 0 Å². The minimum absolute atomic E-state index is 0. The first-order chi connectivity index (χ1) is 14.7. The maximum absolute atomic E-state index is 11.9. The third-order valence-corrected chi connectivity index (χ3v) is 5.35. The summed E-state index contributed by atoms with van der Waals surface area (Å²) >= 11 is 0. The molecule has 2 aromatic heterocycles. The van der Waals surface area contributed by atoms with E-state index in [1.165, 1.54) is 0 Å². The number of aromatic nitrogens is 3. The lowest BCUT2D eigenvalue weighted by Crippen LogP contribution is -2.50. The van der Waals surface area contributed by atoms with Crippen molar-refractivity contribution in [2.75, 3.05) is 39.8 Å². The van der Waals surface area contributed by atoms with Crippen LogP contribution < -0.4 is 16.0 Å². The predicted octanol–water partition coefficient (Wildman–Crippen LogP) is 1.44. The molecule has 0 saturated carbocycles. The van der Waals surface area contributed by atoms with Crippen molar-refractivity contribution in [1.29, 1.82) is 0 Å². The lowest BCUT2D eigenvalue weighted by atomic mass is 10.1. The first-order valence-corrected chi connectivity index (χ1v) is 10.9. The molecule has 1 saturated heterocycles. The number of halogens is 1. The molecule has 10 heteroatoms. The minimum atomic E-state index is 0. The summed E-state index contributed by atoms with van der Waals surface area (Å²) in [7, 11) is 1.80. The zero-order valence-electron chi connectivity index (χ0n) is 18.5. The molecule has 3 heterocycles. The molecule has 9 nitrogen and oxygen atoms in total. The maximum atomic E-state index is 11.9. The van der Waals surface area contributed by atoms with E-state index in [1.807, 2.05) is 28.8 Å². The number of aryl methyl sites for hydroxylation is 1. The van der Waals surface area contributed by atoms with Gasteiger partial charge in [0.05, 0.1) is 6.54 Å². The number of guanidine groups is 1. The number of hydrogen-bond acceptors (Lipinski definition) is 5. The van der Waals surface area contributed by atoms with E-state index in [-0.39, 0.29) is 29.9 Å². The Morgan fingerprint density at radius 1 is 1.19 bits per heavy atom. The number of nitrogens with one attached hydrogen (secondary N) is 3. The number of pyridine rings is 1. The highest BCUT2D eigenvalue weighted by Gasteiger charge is 2.21. The van der Waals surface area contributed by atoms with Gasteiger partial charge in [-0.05, 0) is 37.8 Å². The van der Waals surface area contributed by atoms with Crippen LogP contribution in [0.4, 0.5) is 0 Å². The van der Waals surface area contributed by atoms with Crippen LogP contribution in [0.25, 0.3) is 5.65 Å². The number of fused-ring (bicyclic) bond motifs is 1. The van der Waals surface area contributed by atoms with Crippen LogP contribution in [0.15, 0.2) is 29.4 Å². The van der Waals surface area contributed by atoms with Crippen molar-refractivity contribution in [3.63, 3.8) is 0 Å². The molecule has 3 rings (SSSR count). The lowest BCUT2D eigenvalue weighted by Gasteiger charge is -2.32. The fourth-order valence-electron chi connectivity index (χ4n) is 3.66. The first kappa shape index (κ1) is 25.3. The van der Waals surface area contributed by atoms with Crippen molar-refractivity contribution >= 4 is 41.5 Å². The average Bonchev–Trinajstić information content (AvgIpc) is 3.18. The molecule has 172 valence electrons. The molecular weight excluding hydrogens is 507 g/mol. The van der Waals surface area contributed by atoms with Gasteiger partial charge in [-0.15, -0.1) is 34.2 Å².